The van der Waals surface area contributed by atoms with Crippen LogP contribution < -0.4 is 15.8 Å². The Labute approximate surface area is 103 Å². The standard InChI is InChI=1S/C14H22N2O/c1-2-17-13-5-3-11(4-6-13)14(15)12-7-9-16-10-8-12/h3-6,12,14,16H,2,7-10,15H2,1H3. The van der Waals surface area contributed by atoms with Gasteiger partial charge >= 0.3 is 0 Å². The molecule has 0 bridgehead atoms. The summed E-state index contributed by atoms with van der Waals surface area (Å²) in [7, 11) is 0. The molecule has 0 aliphatic carbocycles. The van der Waals surface area contributed by atoms with Gasteiger partial charge in [0.25, 0.3) is 0 Å². The van der Waals surface area contributed by atoms with E-state index in [1.807, 2.05) is 19.1 Å². The maximum absolute atomic E-state index is 6.33. The van der Waals surface area contributed by atoms with Crippen molar-refractivity contribution in [1.29, 1.82) is 0 Å². The minimum absolute atomic E-state index is 0.160. The first-order valence-electron chi connectivity index (χ1n) is 6.50. The van der Waals surface area contributed by atoms with Crippen molar-refractivity contribution in [3.8, 4) is 5.75 Å². The number of nitrogens with two attached hydrogens (primary N) is 1. The summed E-state index contributed by atoms with van der Waals surface area (Å²) in [5, 5.41) is 3.37. The molecule has 1 aliphatic heterocycles. The van der Waals surface area contributed by atoms with Crippen LogP contribution >= 0.6 is 0 Å². The predicted molar refractivity (Wildman–Crippen MR) is 70.1 cm³/mol. The zero-order valence-corrected chi connectivity index (χ0v) is 10.5. The third kappa shape index (κ3) is 3.20. The molecule has 0 saturated carbocycles. The first kappa shape index (κ1) is 12.4. The Morgan fingerprint density at radius 2 is 1.94 bits per heavy atom. The predicted octanol–water partition coefficient (Wildman–Crippen LogP) is 2.08. The van der Waals surface area contributed by atoms with Crippen LogP contribution in [0.2, 0.25) is 0 Å². The molecule has 1 aliphatic rings. The van der Waals surface area contributed by atoms with Gasteiger partial charge in [-0.05, 0) is 56.5 Å². The third-order valence-corrected chi connectivity index (χ3v) is 3.47. The second-order valence-electron chi connectivity index (χ2n) is 4.62. The fourth-order valence-corrected chi connectivity index (χ4v) is 2.43. The van der Waals surface area contributed by atoms with Crippen LogP contribution in [0.1, 0.15) is 31.4 Å². The Morgan fingerprint density at radius 3 is 2.53 bits per heavy atom. The first-order valence-corrected chi connectivity index (χ1v) is 6.50. The number of rotatable bonds is 4. The quantitative estimate of drug-likeness (QED) is 0.838. The van der Waals surface area contributed by atoms with Gasteiger partial charge in [-0.15, -0.1) is 0 Å². The van der Waals surface area contributed by atoms with Crippen molar-refractivity contribution in [2.75, 3.05) is 19.7 Å². The van der Waals surface area contributed by atoms with E-state index in [0.29, 0.717) is 12.5 Å². The maximum atomic E-state index is 6.33. The Balaban J connectivity index is 2.00. The summed E-state index contributed by atoms with van der Waals surface area (Å²) in [6.45, 7) is 4.89. The molecule has 3 heteroatoms. The van der Waals surface area contributed by atoms with Gasteiger partial charge in [0.1, 0.15) is 5.75 Å². The summed E-state index contributed by atoms with van der Waals surface area (Å²) in [4.78, 5) is 0. The van der Waals surface area contributed by atoms with E-state index in [-0.39, 0.29) is 6.04 Å². The lowest BCUT2D eigenvalue weighted by atomic mass is 9.86. The molecule has 1 heterocycles. The van der Waals surface area contributed by atoms with E-state index in [1.165, 1.54) is 18.4 Å². The SMILES string of the molecule is CCOc1ccc(C(N)C2CCNCC2)cc1. The van der Waals surface area contributed by atoms with Gasteiger partial charge in [0, 0.05) is 6.04 Å². The fourth-order valence-electron chi connectivity index (χ4n) is 2.43. The van der Waals surface area contributed by atoms with Crippen LogP contribution in [0.25, 0.3) is 0 Å². The Hall–Kier alpha value is -1.06. The van der Waals surface area contributed by atoms with E-state index >= 15 is 0 Å². The Kier molecular flexibility index (Phi) is 4.40. The number of hydrogen-bond acceptors (Lipinski definition) is 3. The average Bonchev–Trinajstić information content (AvgIpc) is 2.40. The molecule has 3 N–H and O–H groups in total. The summed E-state index contributed by atoms with van der Waals surface area (Å²) in [6.07, 6.45) is 2.35. The lowest BCUT2D eigenvalue weighted by Gasteiger charge is -2.28. The number of nitrogens with one attached hydrogen (secondary N) is 1. The number of ether oxygens (including phenoxy) is 1. The highest BCUT2D eigenvalue weighted by Crippen LogP contribution is 2.27. The van der Waals surface area contributed by atoms with Gasteiger partial charge in [0.05, 0.1) is 6.61 Å². The van der Waals surface area contributed by atoms with Crippen molar-refractivity contribution in [2.45, 2.75) is 25.8 Å². The van der Waals surface area contributed by atoms with Gasteiger partial charge < -0.3 is 15.8 Å². The van der Waals surface area contributed by atoms with Gasteiger partial charge in [-0.1, -0.05) is 12.1 Å². The van der Waals surface area contributed by atoms with Gasteiger partial charge in [-0.2, -0.15) is 0 Å². The molecule has 0 spiro atoms. The molecule has 94 valence electrons. The highest BCUT2D eigenvalue weighted by atomic mass is 16.5. The summed E-state index contributed by atoms with van der Waals surface area (Å²) in [5.41, 5.74) is 7.55. The molecule has 0 radical (unpaired) electrons. The van der Waals surface area contributed by atoms with Crippen LogP contribution in [0.4, 0.5) is 0 Å². The molecular formula is C14H22N2O. The molecule has 1 fully saturated rings. The van der Waals surface area contributed by atoms with E-state index < -0.39 is 0 Å². The largest absolute Gasteiger partial charge is 0.494 e. The monoisotopic (exact) mass is 234 g/mol. The van der Waals surface area contributed by atoms with Crippen molar-refractivity contribution in [1.82, 2.24) is 5.32 Å². The van der Waals surface area contributed by atoms with Crippen LogP contribution in [0.3, 0.4) is 0 Å². The third-order valence-electron chi connectivity index (χ3n) is 3.47. The molecule has 1 unspecified atom stereocenters. The number of piperidine rings is 1. The minimum Gasteiger partial charge on any atom is -0.494 e. The molecular weight excluding hydrogens is 212 g/mol. The normalized spacial score (nSPS) is 18.9. The van der Waals surface area contributed by atoms with E-state index in [2.05, 4.69) is 17.4 Å². The van der Waals surface area contributed by atoms with Crippen molar-refractivity contribution in [3.63, 3.8) is 0 Å². The molecule has 0 aromatic heterocycles. The molecule has 1 saturated heterocycles. The van der Waals surface area contributed by atoms with E-state index in [4.69, 9.17) is 10.5 Å². The van der Waals surface area contributed by atoms with Crippen LogP contribution in [0.5, 0.6) is 5.75 Å². The summed E-state index contributed by atoms with van der Waals surface area (Å²) in [6, 6.07) is 8.38. The second kappa shape index (κ2) is 6.03. The molecule has 2 rings (SSSR count). The molecule has 17 heavy (non-hydrogen) atoms. The van der Waals surface area contributed by atoms with E-state index in [1.54, 1.807) is 0 Å². The van der Waals surface area contributed by atoms with Crippen molar-refractivity contribution in [3.05, 3.63) is 29.8 Å². The zero-order chi connectivity index (χ0) is 12.1. The lowest BCUT2D eigenvalue weighted by molar-refractivity contribution is 0.321. The zero-order valence-electron chi connectivity index (χ0n) is 10.5. The summed E-state index contributed by atoms with van der Waals surface area (Å²) in [5.74, 6) is 1.53. The smallest absolute Gasteiger partial charge is 0.119 e. The Morgan fingerprint density at radius 1 is 1.29 bits per heavy atom. The van der Waals surface area contributed by atoms with Crippen LogP contribution in [-0.4, -0.2) is 19.7 Å². The molecule has 1 atom stereocenters. The van der Waals surface area contributed by atoms with Crippen molar-refractivity contribution >= 4 is 0 Å². The van der Waals surface area contributed by atoms with Gasteiger partial charge in [-0.3, -0.25) is 0 Å². The maximum Gasteiger partial charge on any atom is 0.119 e. The van der Waals surface area contributed by atoms with E-state index in [9.17, 15) is 0 Å². The molecule has 0 amide bonds. The van der Waals surface area contributed by atoms with Gasteiger partial charge in [-0.25, -0.2) is 0 Å². The highest BCUT2D eigenvalue weighted by molar-refractivity contribution is 5.29. The van der Waals surface area contributed by atoms with E-state index in [0.717, 1.165) is 18.8 Å². The first-order chi connectivity index (χ1) is 8.31. The average molecular weight is 234 g/mol. The van der Waals surface area contributed by atoms with Gasteiger partial charge in [0.2, 0.25) is 0 Å². The Bertz CT molecular complexity index is 331. The molecule has 1 aromatic rings. The molecule has 3 nitrogen and oxygen atoms in total. The minimum atomic E-state index is 0.160. The van der Waals surface area contributed by atoms with Crippen molar-refractivity contribution < 1.29 is 4.74 Å². The summed E-state index contributed by atoms with van der Waals surface area (Å²) < 4.78 is 5.44. The second-order valence-corrected chi connectivity index (χ2v) is 4.62. The fraction of sp³-hybridized carbons (Fsp3) is 0.571. The van der Waals surface area contributed by atoms with Crippen molar-refractivity contribution in [2.24, 2.45) is 11.7 Å². The number of hydrogen-bond donors (Lipinski definition) is 2. The lowest BCUT2D eigenvalue weighted by Crippen LogP contribution is -2.33. The summed E-state index contributed by atoms with van der Waals surface area (Å²) >= 11 is 0. The van der Waals surface area contributed by atoms with Crippen LogP contribution in [-0.2, 0) is 0 Å². The topological polar surface area (TPSA) is 47.3 Å². The molecule has 1 aromatic carbocycles. The number of benzene rings is 1. The van der Waals surface area contributed by atoms with Gasteiger partial charge in [0.15, 0.2) is 0 Å². The van der Waals surface area contributed by atoms with Crippen LogP contribution in [0, 0.1) is 5.92 Å². The highest BCUT2D eigenvalue weighted by Gasteiger charge is 2.21. The van der Waals surface area contributed by atoms with Crippen LogP contribution in [0.15, 0.2) is 24.3 Å².